The van der Waals surface area contributed by atoms with Crippen LogP contribution >= 0.6 is 0 Å². The molecule has 38 heavy (non-hydrogen) atoms. The minimum absolute atomic E-state index is 0.00893. The summed E-state index contributed by atoms with van der Waals surface area (Å²) in [4.78, 5) is 39.7. The molecule has 2 aromatic carbocycles. The Hall–Kier alpha value is -3.31. The zero-order chi connectivity index (χ0) is 27.7. The van der Waals surface area contributed by atoms with Crippen LogP contribution in [0.1, 0.15) is 82.7 Å². The topological polar surface area (TPSA) is 166 Å². The van der Waals surface area contributed by atoms with E-state index in [4.69, 9.17) is 19.9 Å². The standard InChI is InChI=1S/C28H31NO9/c1-11-12(2)37-19(8-16(11)29)38-18-10-28(35,13(3)30)9-15-21(18)27(34)23-22(25(15)32)24(31)14-6-5-7-17(36-4)20(14)26(23)33/h5-7,11-12,16,18-19,32,34-35H,8-10,29H2,1-4H3/t11-,12+,16+,18+,19+,28+/m1/s1. The first-order chi connectivity index (χ1) is 17.9. The van der Waals surface area contributed by atoms with E-state index in [9.17, 15) is 29.7 Å². The number of Topliss-reactive ketones (excluding diaryl/α,β-unsaturated/α-hetero) is 1. The third-order valence-electron chi connectivity index (χ3n) is 8.29. The number of aliphatic hydroxyl groups is 1. The molecule has 0 bridgehead atoms. The quantitative estimate of drug-likeness (QED) is 0.371. The van der Waals surface area contributed by atoms with Crippen LogP contribution in [0.2, 0.25) is 0 Å². The van der Waals surface area contributed by atoms with Gasteiger partial charge in [-0.2, -0.15) is 0 Å². The van der Waals surface area contributed by atoms with Gasteiger partial charge in [0.2, 0.25) is 5.78 Å². The third-order valence-corrected chi connectivity index (χ3v) is 8.29. The average molecular weight is 526 g/mol. The number of fused-ring (bicyclic) bond motifs is 3. The van der Waals surface area contributed by atoms with Crippen LogP contribution in [-0.2, 0) is 20.7 Å². The van der Waals surface area contributed by atoms with Crippen LogP contribution in [-0.4, -0.2) is 63.8 Å². The highest BCUT2D eigenvalue weighted by Crippen LogP contribution is 2.52. The van der Waals surface area contributed by atoms with E-state index in [1.54, 1.807) is 0 Å². The summed E-state index contributed by atoms with van der Waals surface area (Å²) in [6.07, 6.45) is -2.55. The molecule has 0 aromatic heterocycles. The number of ketones is 3. The van der Waals surface area contributed by atoms with Gasteiger partial charge < -0.3 is 35.3 Å². The van der Waals surface area contributed by atoms with Gasteiger partial charge in [-0.15, -0.1) is 0 Å². The number of benzene rings is 2. The first-order valence-corrected chi connectivity index (χ1v) is 12.6. The number of ether oxygens (including phenoxy) is 3. The molecule has 1 aliphatic heterocycles. The van der Waals surface area contributed by atoms with Gasteiger partial charge in [-0.05, 0) is 25.8 Å². The molecule has 6 atom stereocenters. The lowest BCUT2D eigenvalue weighted by atomic mass is 9.72. The van der Waals surface area contributed by atoms with Crippen LogP contribution in [0.4, 0.5) is 0 Å². The van der Waals surface area contributed by atoms with Crippen molar-refractivity contribution in [1.29, 1.82) is 0 Å². The van der Waals surface area contributed by atoms with Crippen LogP contribution in [0.25, 0.3) is 0 Å². The molecule has 202 valence electrons. The van der Waals surface area contributed by atoms with Crippen LogP contribution in [0.15, 0.2) is 18.2 Å². The van der Waals surface area contributed by atoms with E-state index >= 15 is 0 Å². The van der Waals surface area contributed by atoms with Crippen molar-refractivity contribution in [3.05, 3.63) is 51.6 Å². The van der Waals surface area contributed by atoms with Crippen molar-refractivity contribution < 1.29 is 43.9 Å². The normalized spacial score (nSPS) is 30.3. The van der Waals surface area contributed by atoms with E-state index < -0.39 is 52.4 Å². The number of methoxy groups -OCH3 is 1. The minimum Gasteiger partial charge on any atom is -0.507 e. The van der Waals surface area contributed by atoms with Gasteiger partial charge in [-0.1, -0.05) is 19.1 Å². The molecular formula is C28H31NO9. The van der Waals surface area contributed by atoms with Crippen molar-refractivity contribution in [2.75, 3.05) is 7.11 Å². The molecule has 0 saturated carbocycles. The van der Waals surface area contributed by atoms with Crippen molar-refractivity contribution in [3.63, 3.8) is 0 Å². The maximum Gasteiger partial charge on any atom is 0.202 e. The highest BCUT2D eigenvalue weighted by Gasteiger charge is 2.49. The summed E-state index contributed by atoms with van der Waals surface area (Å²) < 4.78 is 17.4. The second kappa shape index (κ2) is 9.16. The number of phenolic OH excluding ortho intramolecular Hbond substituents is 2. The summed E-state index contributed by atoms with van der Waals surface area (Å²) in [7, 11) is 1.36. The Morgan fingerprint density at radius 2 is 1.79 bits per heavy atom. The molecule has 2 aliphatic carbocycles. The Balaban J connectivity index is 1.68. The maximum absolute atomic E-state index is 13.7. The fraction of sp³-hybridized carbons (Fsp3) is 0.464. The molecule has 5 rings (SSSR count). The van der Waals surface area contributed by atoms with Crippen LogP contribution in [0.5, 0.6) is 17.2 Å². The Labute approximate surface area is 219 Å². The Morgan fingerprint density at radius 1 is 1.11 bits per heavy atom. The molecule has 1 fully saturated rings. The molecule has 0 amide bonds. The van der Waals surface area contributed by atoms with Gasteiger partial charge >= 0.3 is 0 Å². The summed E-state index contributed by atoms with van der Waals surface area (Å²) in [6, 6.07) is 4.25. The number of phenols is 2. The van der Waals surface area contributed by atoms with Gasteiger partial charge in [0.1, 0.15) is 22.8 Å². The number of rotatable bonds is 4. The number of aromatic hydroxyl groups is 2. The molecule has 5 N–H and O–H groups in total. The number of hydrogen-bond donors (Lipinski definition) is 4. The number of carbonyl (C=O) groups is 3. The van der Waals surface area contributed by atoms with Gasteiger partial charge in [-0.25, -0.2) is 0 Å². The van der Waals surface area contributed by atoms with Crippen molar-refractivity contribution in [2.24, 2.45) is 11.7 Å². The fourth-order valence-electron chi connectivity index (χ4n) is 5.78. The molecule has 0 unspecified atom stereocenters. The zero-order valence-corrected chi connectivity index (χ0v) is 21.6. The van der Waals surface area contributed by atoms with Crippen LogP contribution in [0.3, 0.4) is 0 Å². The van der Waals surface area contributed by atoms with Gasteiger partial charge in [0.15, 0.2) is 17.9 Å². The molecule has 0 spiro atoms. The highest BCUT2D eigenvalue weighted by atomic mass is 16.7. The maximum atomic E-state index is 13.7. The van der Waals surface area contributed by atoms with E-state index in [-0.39, 0.29) is 64.5 Å². The molecular weight excluding hydrogens is 494 g/mol. The van der Waals surface area contributed by atoms with E-state index in [2.05, 4.69) is 0 Å². The van der Waals surface area contributed by atoms with Gasteiger partial charge in [0.05, 0.1) is 36.0 Å². The van der Waals surface area contributed by atoms with Crippen LogP contribution < -0.4 is 10.5 Å². The monoisotopic (exact) mass is 525 g/mol. The third kappa shape index (κ3) is 3.82. The predicted octanol–water partition coefficient (Wildman–Crippen LogP) is 2.30. The molecule has 10 nitrogen and oxygen atoms in total. The largest absolute Gasteiger partial charge is 0.507 e. The van der Waals surface area contributed by atoms with E-state index in [0.29, 0.717) is 6.42 Å². The van der Waals surface area contributed by atoms with Gasteiger partial charge in [0.25, 0.3) is 0 Å². The predicted molar refractivity (Wildman–Crippen MR) is 133 cm³/mol. The van der Waals surface area contributed by atoms with Crippen molar-refractivity contribution in [3.8, 4) is 17.2 Å². The lowest BCUT2D eigenvalue weighted by Crippen LogP contribution is -2.49. The Kier molecular flexibility index (Phi) is 6.34. The smallest absolute Gasteiger partial charge is 0.202 e. The second-order valence-electron chi connectivity index (χ2n) is 10.5. The first kappa shape index (κ1) is 26.3. The summed E-state index contributed by atoms with van der Waals surface area (Å²) in [5.74, 6) is -2.90. The summed E-state index contributed by atoms with van der Waals surface area (Å²) in [6.45, 7) is 5.03. The second-order valence-corrected chi connectivity index (χ2v) is 10.5. The fourth-order valence-corrected chi connectivity index (χ4v) is 5.78. The van der Waals surface area contributed by atoms with Crippen molar-refractivity contribution in [2.45, 2.75) is 70.2 Å². The summed E-state index contributed by atoms with van der Waals surface area (Å²) >= 11 is 0. The molecule has 2 aromatic rings. The van der Waals surface area contributed by atoms with Crippen molar-refractivity contribution >= 4 is 17.3 Å². The minimum atomic E-state index is -1.95. The zero-order valence-electron chi connectivity index (χ0n) is 21.6. The highest BCUT2D eigenvalue weighted by molar-refractivity contribution is 6.31. The number of nitrogens with two attached hydrogens (primary N) is 1. The van der Waals surface area contributed by atoms with E-state index in [1.165, 1.54) is 32.2 Å². The van der Waals surface area contributed by atoms with Gasteiger partial charge in [0, 0.05) is 42.0 Å². The summed E-state index contributed by atoms with van der Waals surface area (Å²) in [5, 5.41) is 34.1. The average Bonchev–Trinajstić information content (AvgIpc) is 2.87. The molecule has 1 saturated heterocycles. The van der Waals surface area contributed by atoms with E-state index in [0.717, 1.165) is 0 Å². The molecule has 1 heterocycles. The first-order valence-electron chi connectivity index (χ1n) is 12.6. The molecule has 3 aliphatic rings. The number of carbonyl (C=O) groups excluding carboxylic acids is 3. The summed E-state index contributed by atoms with van der Waals surface area (Å²) in [5.41, 5.74) is 3.51. The Morgan fingerprint density at radius 3 is 2.42 bits per heavy atom. The SMILES string of the molecule is COc1cccc2c1C(=O)c1c(O)c3c(c(O)c1C2=O)C[C@@](O)(C(C)=O)C[C@@H]3O[C@H]1C[C@H](N)[C@H](C)[C@H](C)O1. The van der Waals surface area contributed by atoms with Crippen LogP contribution in [0, 0.1) is 5.92 Å². The van der Waals surface area contributed by atoms with E-state index in [1.807, 2.05) is 13.8 Å². The molecule has 0 radical (unpaired) electrons. The lowest BCUT2D eigenvalue weighted by Gasteiger charge is -2.42. The van der Waals surface area contributed by atoms with Gasteiger partial charge in [-0.3, -0.25) is 14.4 Å². The van der Waals surface area contributed by atoms with Crippen molar-refractivity contribution in [1.82, 2.24) is 0 Å². The lowest BCUT2D eigenvalue weighted by molar-refractivity contribution is -0.236. The molecule has 10 heteroatoms. The number of hydrogen-bond acceptors (Lipinski definition) is 10. The Bertz CT molecular complexity index is 1360.